The van der Waals surface area contributed by atoms with Gasteiger partial charge in [0.1, 0.15) is 5.82 Å². The summed E-state index contributed by atoms with van der Waals surface area (Å²) >= 11 is 0. The van der Waals surface area contributed by atoms with Crippen molar-refractivity contribution in [3.63, 3.8) is 0 Å². The number of carbonyl (C=O) groups excluding carboxylic acids is 1. The molecule has 0 unspecified atom stereocenters. The lowest BCUT2D eigenvalue weighted by Crippen LogP contribution is -2.43. The summed E-state index contributed by atoms with van der Waals surface area (Å²) in [5, 5.41) is 4.82. The van der Waals surface area contributed by atoms with Gasteiger partial charge in [0.05, 0.1) is 17.3 Å². The molecule has 3 aromatic rings. The highest BCUT2D eigenvalue weighted by Gasteiger charge is 2.43. The molecular formula is C26H31FN6O2S. The van der Waals surface area contributed by atoms with Crippen LogP contribution in [0.3, 0.4) is 0 Å². The van der Waals surface area contributed by atoms with Gasteiger partial charge in [0.15, 0.2) is 5.82 Å². The summed E-state index contributed by atoms with van der Waals surface area (Å²) in [6.45, 7) is 1.39. The summed E-state index contributed by atoms with van der Waals surface area (Å²) in [5.74, 6) is 0.802. The number of primary amides is 1. The van der Waals surface area contributed by atoms with Gasteiger partial charge in [-0.15, -0.1) is 0 Å². The van der Waals surface area contributed by atoms with Crippen LogP contribution in [0.4, 0.5) is 10.1 Å². The third kappa shape index (κ3) is 4.50. The molecule has 1 amide bonds. The smallest absolute Gasteiger partial charge is 0.229 e. The van der Waals surface area contributed by atoms with Gasteiger partial charge in [0.2, 0.25) is 5.91 Å². The molecule has 0 radical (unpaired) electrons. The van der Waals surface area contributed by atoms with Gasteiger partial charge in [-0.1, -0.05) is 31.4 Å². The van der Waals surface area contributed by atoms with Crippen LogP contribution in [0.15, 0.2) is 53.2 Å². The van der Waals surface area contributed by atoms with Crippen LogP contribution in [0.25, 0.3) is 16.9 Å². The number of aromatic nitrogens is 3. The van der Waals surface area contributed by atoms with Crippen molar-refractivity contribution < 1.29 is 13.4 Å². The van der Waals surface area contributed by atoms with E-state index in [1.807, 2.05) is 30.5 Å². The maximum Gasteiger partial charge on any atom is 0.229 e. The molecule has 1 aliphatic carbocycles. The second-order valence-corrected chi connectivity index (χ2v) is 12.3. The number of anilines is 1. The Bertz CT molecular complexity index is 1360. The number of rotatable bonds is 5. The Balaban J connectivity index is 1.53. The van der Waals surface area contributed by atoms with Gasteiger partial charge in [0.25, 0.3) is 0 Å². The van der Waals surface area contributed by atoms with Gasteiger partial charge >= 0.3 is 0 Å². The molecule has 2 aliphatic rings. The largest absolute Gasteiger partial charge is 0.370 e. The maximum atomic E-state index is 13.5. The molecule has 36 heavy (non-hydrogen) atoms. The average Bonchev–Trinajstić information content (AvgIpc) is 3.36. The monoisotopic (exact) mass is 510 g/mol. The third-order valence-corrected chi connectivity index (χ3v) is 9.84. The lowest BCUT2D eigenvalue weighted by atomic mass is 9.70. The molecule has 5 rings (SSSR count). The van der Waals surface area contributed by atoms with Crippen molar-refractivity contribution >= 4 is 21.3 Å². The first-order valence-corrected chi connectivity index (χ1v) is 14.2. The van der Waals surface area contributed by atoms with E-state index >= 15 is 0 Å². The van der Waals surface area contributed by atoms with Crippen molar-refractivity contribution in [3.8, 4) is 16.9 Å². The van der Waals surface area contributed by atoms with E-state index in [1.54, 1.807) is 17.8 Å². The second-order valence-electron chi connectivity index (χ2n) is 9.57. The predicted octanol–water partition coefficient (Wildman–Crippen LogP) is 3.68. The molecule has 0 atom stereocenters. The molecule has 3 heterocycles. The topological polar surface area (TPSA) is 106 Å². The SMILES string of the molecule is CN=S1(=O)CCN(c2ccc(-c3cn(-c4ccc(F)cn4)nc3C3(C(N)=O)CCCCC3)cc2)CC1. The van der Waals surface area contributed by atoms with Crippen LogP contribution in [-0.2, 0) is 19.9 Å². The van der Waals surface area contributed by atoms with Gasteiger partial charge in [-0.2, -0.15) is 5.10 Å². The summed E-state index contributed by atoms with van der Waals surface area (Å²) in [5.41, 5.74) is 8.59. The molecule has 1 aliphatic heterocycles. The minimum atomic E-state index is -2.08. The number of pyridine rings is 1. The molecule has 190 valence electrons. The quantitative estimate of drug-likeness (QED) is 0.564. The summed E-state index contributed by atoms with van der Waals surface area (Å²) in [6, 6.07) is 11.0. The van der Waals surface area contributed by atoms with E-state index in [2.05, 4.69) is 14.2 Å². The average molecular weight is 511 g/mol. The van der Waals surface area contributed by atoms with Crippen LogP contribution < -0.4 is 10.6 Å². The zero-order chi connectivity index (χ0) is 25.3. The Kier molecular flexibility index (Phi) is 6.55. The van der Waals surface area contributed by atoms with Crippen molar-refractivity contribution in [2.24, 2.45) is 10.1 Å². The molecule has 2 N–H and O–H groups in total. The van der Waals surface area contributed by atoms with Crippen molar-refractivity contribution in [1.29, 1.82) is 0 Å². The Labute approximate surface area is 210 Å². The standard InChI is InChI=1S/C26H31FN6O2S/c1-29-36(35)15-13-32(14-16-36)21-8-5-19(6-9-21)22-18-33(23-10-7-20(27)17-30-23)31-24(22)26(25(28)34)11-3-2-4-12-26/h5-10,17-18H,2-4,11-16H2,1H3,(H2,28,34). The Morgan fingerprint density at radius 3 is 2.36 bits per heavy atom. The first-order chi connectivity index (χ1) is 17.3. The first-order valence-electron chi connectivity index (χ1n) is 12.3. The first kappa shape index (κ1) is 24.4. The van der Waals surface area contributed by atoms with Gasteiger partial charge in [-0.25, -0.2) is 22.6 Å². The van der Waals surface area contributed by atoms with Crippen LogP contribution in [0.2, 0.25) is 0 Å². The fourth-order valence-electron chi connectivity index (χ4n) is 5.33. The predicted molar refractivity (Wildman–Crippen MR) is 139 cm³/mol. The highest BCUT2D eigenvalue weighted by molar-refractivity contribution is 7.93. The lowest BCUT2D eigenvalue weighted by Gasteiger charge is -2.33. The Morgan fingerprint density at radius 2 is 1.78 bits per heavy atom. The number of hydrogen-bond acceptors (Lipinski definition) is 6. The van der Waals surface area contributed by atoms with Crippen molar-refractivity contribution in [3.05, 3.63) is 60.3 Å². The number of halogens is 1. The van der Waals surface area contributed by atoms with E-state index < -0.39 is 21.0 Å². The fraction of sp³-hybridized carbons (Fsp3) is 0.423. The highest BCUT2D eigenvalue weighted by Crippen LogP contribution is 2.43. The number of hydrogen-bond donors (Lipinski definition) is 1. The summed E-state index contributed by atoms with van der Waals surface area (Å²) in [4.78, 5) is 19.3. The molecule has 0 bridgehead atoms. The number of amides is 1. The fourth-order valence-corrected chi connectivity index (χ4v) is 6.91. The third-order valence-electron chi connectivity index (χ3n) is 7.53. The highest BCUT2D eigenvalue weighted by atomic mass is 32.2. The van der Waals surface area contributed by atoms with Crippen LogP contribution in [0, 0.1) is 5.82 Å². The van der Waals surface area contributed by atoms with E-state index in [-0.39, 0.29) is 5.91 Å². The van der Waals surface area contributed by atoms with Gasteiger partial charge in [-0.05, 0) is 42.7 Å². The van der Waals surface area contributed by atoms with Crippen molar-refractivity contribution in [2.75, 3.05) is 36.5 Å². The van der Waals surface area contributed by atoms with Crippen LogP contribution in [0.1, 0.15) is 37.8 Å². The Morgan fingerprint density at radius 1 is 1.08 bits per heavy atom. The zero-order valence-electron chi connectivity index (χ0n) is 20.4. The summed E-state index contributed by atoms with van der Waals surface area (Å²) in [7, 11) is -0.444. The van der Waals surface area contributed by atoms with E-state index in [4.69, 9.17) is 10.8 Å². The maximum absolute atomic E-state index is 13.5. The van der Waals surface area contributed by atoms with Crippen molar-refractivity contribution in [2.45, 2.75) is 37.5 Å². The number of nitrogens with two attached hydrogens (primary N) is 1. The van der Waals surface area contributed by atoms with Gasteiger partial charge in [0, 0.05) is 58.8 Å². The second kappa shape index (κ2) is 9.65. The molecule has 1 aromatic carbocycles. The van der Waals surface area contributed by atoms with Gasteiger partial charge in [-0.3, -0.25) is 4.79 Å². The normalized spacial score (nSPS) is 19.1. The van der Waals surface area contributed by atoms with Crippen LogP contribution >= 0.6 is 0 Å². The van der Waals surface area contributed by atoms with Crippen LogP contribution in [-0.4, -0.2) is 56.5 Å². The molecule has 2 fully saturated rings. The molecule has 1 saturated heterocycles. The summed E-state index contributed by atoms with van der Waals surface area (Å²) < 4.78 is 31.7. The minimum absolute atomic E-state index is 0.365. The lowest BCUT2D eigenvalue weighted by molar-refractivity contribution is -0.124. The summed E-state index contributed by atoms with van der Waals surface area (Å²) in [6.07, 6.45) is 7.18. The van der Waals surface area contributed by atoms with E-state index in [9.17, 15) is 13.4 Å². The molecule has 10 heteroatoms. The van der Waals surface area contributed by atoms with Crippen molar-refractivity contribution in [1.82, 2.24) is 14.8 Å². The molecule has 1 saturated carbocycles. The van der Waals surface area contributed by atoms with Gasteiger partial charge < -0.3 is 10.6 Å². The number of carbonyl (C=O) groups is 1. The number of benzene rings is 1. The van der Waals surface area contributed by atoms with E-state index in [0.29, 0.717) is 48.9 Å². The molecule has 0 spiro atoms. The molecule has 8 nitrogen and oxygen atoms in total. The Hall–Kier alpha value is -3.27. The molecular weight excluding hydrogens is 479 g/mol. The number of nitrogens with zero attached hydrogens (tertiary/aromatic N) is 5. The minimum Gasteiger partial charge on any atom is -0.370 e. The van der Waals surface area contributed by atoms with E-state index in [0.717, 1.165) is 42.3 Å². The zero-order valence-corrected chi connectivity index (χ0v) is 21.2. The van der Waals surface area contributed by atoms with E-state index in [1.165, 1.54) is 6.07 Å². The molecule has 2 aromatic heterocycles. The van der Waals surface area contributed by atoms with Crippen LogP contribution in [0.5, 0.6) is 0 Å².